The van der Waals surface area contributed by atoms with Crippen molar-refractivity contribution in [3.8, 4) is 0 Å². The number of aromatic nitrogens is 2. The third-order valence-corrected chi connectivity index (χ3v) is 2.72. The summed E-state index contributed by atoms with van der Waals surface area (Å²) in [4.78, 5) is 4.31. The molecule has 4 heteroatoms. The van der Waals surface area contributed by atoms with Crippen molar-refractivity contribution < 1.29 is 0 Å². The zero-order valence-corrected chi connectivity index (χ0v) is 8.51. The highest BCUT2D eigenvalue weighted by Crippen LogP contribution is 2.18. The first-order chi connectivity index (χ1) is 5.83. The Balaban J connectivity index is 2.78. The van der Waals surface area contributed by atoms with Gasteiger partial charge < -0.3 is 0 Å². The van der Waals surface area contributed by atoms with Gasteiger partial charge in [0.05, 0.1) is 33.1 Å². The van der Waals surface area contributed by atoms with Crippen LogP contribution in [0.5, 0.6) is 0 Å². The Labute approximate surface area is 83.5 Å². The van der Waals surface area contributed by atoms with Gasteiger partial charge in [-0.15, -0.1) is 11.6 Å². The van der Waals surface area contributed by atoms with Crippen molar-refractivity contribution in [2.75, 3.05) is 0 Å². The summed E-state index contributed by atoms with van der Waals surface area (Å²) in [5, 5.41) is 0. The number of halogens is 2. The second kappa shape index (κ2) is 3.07. The molecule has 1 aromatic carbocycles. The van der Waals surface area contributed by atoms with Crippen LogP contribution in [0.3, 0.4) is 0 Å². The van der Waals surface area contributed by atoms with E-state index in [0.717, 1.165) is 16.9 Å². The molecule has 62 valence electrons. The van der Waals surface area contributed by atoms with Gasteiger partial charge >= 0.3 is 0 Å². The quantitative estimate of drug-likeness (QED) is 0.706. The van der Waals surface area contributed by atoms with E-state index < -0.39 is 0 Å². The lowest BCUT2D eigenvalue weighted by Crippen LogP contribution is -1.86. The van der Waals surface area contributed by atoms with Crippen molar-refractivity contribution in [3.63, 3.8) is 0 Å². The van der Waals surface area contributed by atoms with Crippen molar-refractivity contribution in [2.45, 2.75) is 5.88 Å². The van der Waals surface area contributed by atoms with E-state index in [2.05, 4.69) is 21.1 Å². The minimum absolute atomic E-state index is 0.417. The van der Waals surface area contributed by atoms with Gasteiger partial charge in [0, 0.05) is 0 Å². The molecule has 0 unspecified atom stereocenters. The summed E-state index contributed by atoms with van der Waals surface area (Å²) in [7, 11) is 0. The molecule has 0 saturated heterocycles. The molecule has 2 aromatic rings. The van der Waals surface area contributed by atoms with Crippen LogP contribution in [0.2, 0.25) is 0 Å². The fourth-order valence-corrected chi connectivity index (χ4v) is 1.96. The van der Waals surface area contributed by atoms with Gasteiger partial charge in [-0.25, -0.2) is 4.98 Å². The van der Waals surface area contributed by atoms with Gasteiger partial charge in [0.25, 0.3) is 0 Å². The third kappa shape index (κ3) is 1.13. The fraction of sp³-hybridized carbons (Fsp3) is 0.125. The van der Waals surface area contributed by atoms with Crippen LogP contribution in [0.1, 0.15) is 5.82 Å². The monoisotopic (exact) mass is 244 g/mol. The van der Waals surface area contributed by atoms with Crippen LogP contribution in [-0.2, 0) is 5.88 Å². The molecule has 1 aromatic heterocycles. The molecule has 2 nitrogen and oxygen atoms in total. The van der Waals surface area contributed by atoms with Gasteiger partial charge in [-0.05, 0) is 12.1 Å². The summed E-state index contributed by atoms with van der Waals surface area (Å²) in [5.41, 5.74) is 2.01. The minimum Gasteiger partial charge on any atom is -0.261 e. The average molecular weight is 246 g/mol. The van der Waals surface area contributed by atoms with Gasteiger partial charge in [0.15, 0.2) is 0 Å². The highest BCUT2D eigenvalue weighted by molar-refractivity contribution is 9.08. The molecule has 0 fully saturated rings. The molecule has 2 rings (SSSR count). The average Bonchev–Trinajstić information content (AvgIpc) is 2.44. The Morgan fingerprint density at radius 2 is 2.17 bits per heavy atom. The minimum atomic E-state index is 0.417. The summed E-state index contributed by atoms with van der Waals surface area (Å²) >= 11 is 9.07. The molecule has 0 N–H and O–H groups in total. The van der Waals surface area contributed by atoms with Gasteiger partial charge in [0.2, 0.25) is 0 Å². The maximum Gasteiger partial charge on any atom is 0.135 e. The van der Waals surface area contributed by atoms with Crippen LogP contribution in [0.4, 0.5) is 0 Å². The Kier molecular flexibility index (Phi) is 2.07. The lowest BCUT2D eigenvalue weighted by molar-refractivity contribution is 1.10. The van der Waals surface area contributed by atoms with Crippen LogP contribution in [-0.4, -0.2) is 8.58 Å². The maximum absolute atomic E-state index is 5.69. The predicted molar refractivity (Wildman–Crippen MR) is 53.6 cm³/mol. The molecule has 0 radical (unpaired) electrons. The topological polar surface area (TPSA) is 17.8 Å². The molecule has 0 aliphatic rings. The van der Waals surface area contributed by atoms with Gasteiger partial charge in [0.1, 0.15) is 5.82 Å². The van der Waals surface area contributed by atoms with Gasteiger partial charge in [-0.3, -0.25) is 3.59 Å². The zero-order chi connectivity index (χ0) is 8.55. The van der Waals surface area contributed by atoms with Crippen LogP contribution in [0.25, 0.3) is 11.0 Å². The van der Waals surface area contributed by atoms with E-state index in [9.17, 15) is 0 Å². The van der Waals surface area contributed by atoms with E-state index >= 15 is 0 Å². The molecule has 0 atom stereocenters. The zero-order valence-electron chi connectivity index (χ0n) is 6.17. The molecule has 0 aliphatic heterocycles. The lowest BCUT2D eigenvalue weighted by Gasteiger charge is -1.92. The summed E-state index contributed by atoms with van der Waals surface area (Å²) in [6, 6.07) is 7.89. The molecule has 0 amide bonds. The van der Waals surface area contributed by atoms with Crippen LogP contribution >= 0.6 is 27.7 Å². The predicted octanol–water partition coefficient (Wildman–Crippen LogP) is 2.93. The van der Waals surface area contributed by atoms with E-state index in [4.69, 9.17) is 11.6 Å². The summed E-state index contributed by atoms with van der Waals surface area (Å²) < 4.78 is 1.83. The largest absolute Gasteiger partial charge is 0.261 e. The van der Waals surface area contributed by atoms with Crippen LogP contribution in [0.15, 0.2) is 24.3 Å². The maximum atomic E-state index is 5.69. The Hall–Kier alpha value is -0.540. The molecular weight excluding hydrogens is 239 g/mol. The fourth-order valence-electron chi connectivity index (χ4n) is 1.13. The van der Waals surface area contributed by atoms with Crippen molar-refractivity contribution in [2.24, 2.45) is 0 Å². The second-order valence-electron chi connectivity index (χ2n) is 2.43. The highest BCUT2D eigenvalue weighted by atomic mass is 79.9. The van der Waals surface area contributed by atoms with Gasteiger partial charge in [-0.2, -0.15) is 0 Å². The standard InChI is InChI=1S/C8H6BrClN2/c9-12-7-4-2-1-3-6(7)11-8(12)5-10/h1-4H,5H2. The first-order valence-electron chi connectivity index (χ1n) is 3.51. The number of benzene rings is 1. The highest BCUT2D eigenvalue weighted by Gasteiger charge is 2.05. The summed E-state index contributed by atoms with van der Waals surface area (Å²) in [6.07, 6.45) is 0. The Morgan fingerprint density at radius 3 is 2.83 bits per heavy atom. The Bertz CT molecular complexity index is 410. The van der Waals surface area contributed by atoms with Crippen LogP contribution in [0, 0.1) is 0 Å². The number of hydrogen-bond acceptors (Lipinski definition) is 1. The third-order valence-electron chi connectivity index (χ3n) is 1.69. The molecule has 0 aliphatic carbocycles. The second-order valence-corrected chi connectivity index (χ2v) is 3.41. The van der Waals surface area contributed by atoms with E-state index in [-0.39, 0.29) is 0 Å². The molecule has 1 heterocycles. The van der Waals surface area contributed by atoms with Crippen molar-refractivity contribution in [1.29, 1.82) is 0 Å². The molecule has 0 saturated carbocycles. The van der Waals surface area contributed by atoms with E-state index in [1.165, 1.54) is 0 Å². The number of fused-ring (bicyclic) bond motifs is 1. The van der Waals surface area contributed by atoms with E-state index in [1.807, 2.05) is 27.9 Å². The molecule has 12 heavy (non-hydrogen) atoms. The number of rotatable bonds is 1. The Morgan fingerprint density at radius 1 is 1.42 bits per heavy atom. The van der Waals surface area contributed by atoms with Gasteiger partial charge in [-0.1, -0.05) is 12.1 Å². The number of imidazole rings is 1. The molecule has 0 spiro atoms. The van der Waals surface area contributed by atoms with Crippen molar-refractivity contribution in [3.05, 3.63) is 30.1 Å². The first kappa shape index (κ1) is 8.08. The van der Waals surface area contributed by atoms with E-state index in [1.54, 1.807) is 0 Å². The molecule has 0 bridgehead atoms. The number of alkyl halides is 1. The number of para-hydroxylation sites is 2. The first-order valence-corrected chi connectivity index (χ1v) is 4.76. The number of nitrogens with zero attached hydrogens (tertiary/aromatic N) is 2. The van der Waals surface area contributed by atoms with Crippen LogP contribution < -0.4 is 0 Å². The smallest absolute Gasteiger partial charge is 0.135 e. The lowest BCUT2D eigenvalue weighted by atomic mass is 10.3. The SMILES string of the molecule is ClCc1nc2ccccc2n1Br. The summed E-state index contributed by atoms with van der Waals surface area (Å²) in [6.45, 7) is 0. The summed E-state index contributed by atoms with van der Waals surface area (Å²) in [5.74, 6) is 1.25. The number of hydrogen-bond donors (Lipinski definition) is 0. The molecular formula is C8H6BrClN2. The van der Waals surface area contributed by atoms with Crippen molar-refractivity contribution >= 4 is 38.8 Å². The van der Waals surface area contributed by atoms with E-state index in [0.29, 0.717) is 5.88 Å². The van der Waals surface area contributed by atoms with Crippen molar-refractivity contribution in [1.82, 2.24) is 8.58 Å². The normalized spacial score (nSPS) is 10.8.